The molecule has 1 radical (unpaired) electrons. The molecule has 0 bridgehead atoms. The van der Waals surface area contributed by atoms with Crippen LogP contribution in [-0.4, -0.2) is 9.78 Å². The molecule has 2 nitrogen and oxygen atoms in total. The Balaban J connectivity index is 2.46. The van der Waals surface area contributed by atoms with E-state index in [0.717, 1.165) is 0 Å². The SMILES string of the molecule is [CH2]c1ccn(-c2cccc(F)c2)n1. The number of benzene rings is 1. The third-order valence-electron chi connectivity index (χ3n) is 1.72. The first-order valence-electron chi connectivity index (χ1n) is 3.89. The smallest absolute Gasteiger partial charge is 0.125 e. The highest BCUT2D eigenvalue weighted by Gasteiger charge is 1.98. The third kappa shape index (κ3) is 1.59. The molecule has 1 heterocycles. The van der Waals surface area contributed by atoms with Crippen LogP contribution < -0.4 is 0 Å². The summed E-state index contributed by atoms with van der Waals surface area (Å²) in [6.07, 6.45) is 1.75. The lowest BCUT2D eigenvalue weighted by molar-refractivity contribution is 0.625. The lowest BCUT2D eigenvalue weighted by atomic mass is 10.3. The van der Waals surface area contributed by atoms with Gasteiger partial charge >= 0.3 is 0 Å². The highest BCUT2D eigenvalue weighted by atomic mass is 19.1. The van der Waals surface area contributed by atoms with Crippen LogP contribution in [0.4, 0.5) is 4.39 Å². The Morgan fingerprint density at radius 1 is 1.31 bits per heavy atom. The van der Waals surface area contributed by atoms with Crippen LogP contribution in [0.25, 0.3) is 5.69 Å². The molecule has 1 aromatic carbocycles. The van der Waals surface area contributed by atoms with Gasteiger partial charge in [-0.2, -0.15) is 5.10 Å². The molecule has 0 amide bonds. The highest BCUT2D eigenvalue weighted by Crippen LogP contribution is 2.08. The quantitative estimate of drug-likeness (QED) is 0.649. The summed E-state index contributed by atoms with van der Waals surface area (Å²) in [5, 5.41) is 4.06. The Kier molecular flexibility index (Phi) is 1.85. The summed E-state index contributed by atoms with van der Waals surface area (Å²) in [6.45, 7) is 3.66. The third-order valence-corrected chi connectivity index (χ3v) is 1.72. The van der Waals surface area contributed by atoms with E-state index in [1.807, 2.05) is 0 Å². The fraction of sp³-hybridized carbons (Fsp3) is 0. The maximum atomic E-state index is 12.8. The Morgan fingerprint density at radius 3 is 2.77 bits per heavy atom. The largest absolute Gasteiger partial charge is 0.241 e. The van der Waals surface area contributed by atoms with Gasteiger partial charge in [-0.05, 0) is 31.2 Å². The lowest BCUT2D eigenvalue weighted by Crippen LogP contribution is -1.94. The normalized spacial score (nSPS) is 10.3. The predicted molar refractivity (Wildman–Crippen MR) is 48.0 cm³/mol. The molecule has 2 rings (SSSR count). The van der Waals surface area contributed by atoms with Crippen molar-refractivity contribution < 1.29 is 4.39 Å². The van der Waals surface area contributed by atoms with E-state index in [2.05, 4.69) is 12.0 Å². The van der Waals surface area contributed by atoms with Gasteiger partial charge in [0.05, 0.1) is 11.4 Å². The van der Waals surface area contributed by atoms with E-state index in [1.165, 1.54) is 12.1 Å². The van der Waals surface area contributed by atoms with Gasteiger partial charge in [-0.25, -0.2) is 9.07 Å². The van der Waals surface area contributed by atoms with Crippen LogP contribution in [-0.2, 0) is 0 Å². The number of nitrogens with zero attached hydrogens (tertiary/aromatic N) is 2. The molecule has 13 heavy (non-hydrogen) atoms. The maximum absolute atomic E-state index is 12.8. The summed E-state index contributed by atoms with van der Waals surface area (Å²) in [7, 11) is 0. The minimum Gasteiger partial charge on any atom is -0.241 e. The van der Waals surface area contributed by atoms with Crippen LogP contribution in [0.3, 0.4) is 0 Å². The minimum atomic E-state index is -0.265. The van der Waals surface area contributed by atoms with E-state index in [1.54, 1.807) is 29.1 Å². The standard InChI is InChI=1S/C10H8FN2/c1-8-5-6-13(12-8)10-4-2-3-9(11)7-10/h2-7H,1H2. The summed E-state index contributed by atoms with van der Waals surface area (Å²) in [4.78, 5) is 0. The zero-order chi connectivity index (χ0) is 9.26. The van der Waals surface area contributed by atoms with Gasteiger partial charge in [0.25, 0.3) is 0 Å². The lowest BCUT2D eigenvalue weighted by Gasteiger charge is -1.99. The van der Waals surface area contributed by atoms with Crippen molar-refractivity contribution in [3.8, 4) is 5.69 Å². The molecule has 0 atom stereocenters. The number of rotatable bonds is 1. The van der Waals surface area contributed by atoms with Gasteiger partial charge in [0.1, 0.15) is 5.82 Å². The van der Waals surface area contributed by atoms with E-state index in [9.17, 15) is 4.39 Å². The second-order valence-corrected chi connectivity index (χ2v) is 2.73. The first-order valence-corrected chi connectivity index (χ1v) is 3.89. The molecule has 0 unspecified atom stereocenters. The van der Waals surface area contributed by atoms with Gasteiger partial charge in [-0.3, -0.25) is 0 Å². The Labute approximate surface area is 75.6 Å². The van der Waals surface area contributed by atoms with Gasteiger partial charge in [0, 0.05) is 6.20 Å². The van der Waals surface area contributed by atoms with Gasteiger partial charge < -0.3 is 0 Å². The number of hydrogen-bond donors (Lipinski definition) is 0. The van der Waals surface area contributed by atoms with E-state index in [4.69, 9.17) is 0 Å². The van der Waals surface area contributed by atoms with Crippen LogP contribution in [0.2, 0.25) is 0 Å². The molecular weight excluding hydrogens is 167 g/mol. The van der Waals surface area contributed by atoms with Gasteiger partial charge in [0.15, 0.2) is 0 Å². The van der Waals surface area contributed by atoms with Crippen LogP contribution in [0, 0.1) is 12.7 Å². The summed E-state index contributed by atoms with van der Waals surface area (Å²) in [6, 6.07) is 8.03. The van der Waals surface area contributed by atoms with E-state index in [0.29, 0.717) is 11.4 Å². The molecule has 1 aromatic heterocycles. The second-order valence-electron chi connectivity index (χ2n) is 2.73. The predicted octanol–water partition coefficient (Wildman–Crippen LogP) is 2.19. The Bertz CT molecular complexity index is 420. The first-order chi connectivity index (χ1) is 6.25. The van der Waals surface area contributed by atoms with Crippen molar-refractivity contribution in [3.05, 3.63) is 55.0 Å². The zero-order valence-corrected chi connectivity index (χ0v) is 6.94. The fourth-order valence-corrected chi connectivity index (χ4v) is 1.12. The molecule has 0 N–H and O–H groups in total. The molecular formula is C10H8FN2. The summed E-state index contributed by atoms with van der Waals surface area (Å²) >= 11 is 0. The van der Waals surface area contributed by atoms with Crippen molar-refractivity contribution in [2.24, 2.45) is 0 Å². The average molecular weight is 175 g/mol. The molecule has 3 heteroatoms. The summed E-state index contributed by atoms with van der Waals surface area (Å²) in [5.74, 6) is -0.265. The second kappa shape index (κ2) is 3.01. The van der Waals surface area contributed by atoms with Gasteiger partial charge in [0.2, 0.25) is 0 Å². The summed E-state index contributed by atoms with van der Waals surface area (Å²) in [5.41, 5.74) is 1.37. The van der Waals surface area contributed by atoms with E-state index >= 15 is 0 Å². The maximum Gasteiger partial charge on any atom is 0.125 e. The van der Waals surface area contributed by atoms with Crippen molar-refractivity contribution >= 4 is 0 Å². The first kappa shape index (κ1) is 7.98. The molecule has 0 spiro atoms. The van der Waals surface area contributed by atoms with Crippen molar-refractivity contribution in [1.82, 2.24) is 9.78 Å². The molecule has 0 aliphatic rings. The monoisotopic (exact) mass is 175 g/mol. The Morgan fingerprint density at radius 2 is 2.15 bits per heavy atom. The zero-order valence-electron chi connectivity index (χ0n) is 6.94. The van der Waals surface area contributed by atoms with E-state index < -0.39 is 0 Å². The molecule has 0 fully saturated rings. The van der Waals surface area contributed by atoms with Gasteiger partial charge in [-0.1, -0.05) is 6.07 Å². The highest BCUT2D eigenvalue weighted by molar-refractivity contribution is 5.31. The molecule has 2 aromatic rings. The van der Waals surface area contributed by atoms with Crippen molar-refractivity contribution in [2.75, 3.05) is 0 Å². The number of halogens is 1. The molecule has 0 saturated heterocycles. The number of hydrogen-bond acceptors (Lipinski definition) is 1. The van der Waals surface area contributed by atoms with Crippen LogP contribution in [0.5, 0.6) is 0 Å². The number of aromatic nitrogens is 2. The van der Waals surface area contributed by atoms with Crippen molar-refractivity contribution in [2.45, 2.75) is 0 Å². The van der Waals surface area contributed by atoms with Crippen molar-refractivity contribution in [1.29, 1.82) is 0 Å². The van der Waals surface area contributed by atoms with Crippen LogP contribution in [0.1, 0.15) is 5.69 Å². The average Bonchev–Trinajstić information content (AvgIpc) is 2.52. The Hall–Kier alpha value is -1.64. The van der Waals surface area contributed by atoms with Gasteiger partial charge in [-0.15, -0.1) is 0 Å². The van der Waals surface area contributed by atoms with Crippen molar-refractivity contribution in [3.63, 3.8) is 0 Å². The topological polar surface area (TPSA) is 17.8 Å². The molecule has 0 aliphatic heterocycles. The summed E-state index contributed by atoms with van der Waals surface area (Å²) < 4.78 is 14.4. The van der Waals surface area contributed by atoms with E-state index in [-0.39, 0.29) is 5.82 Å². The molecule has 0 saturated carbocycles. The molecule has 65 valence electrons. The van der Waals surface area contributed by atoms with Crippen LogP contribution >= 0.6 is 0 Å². The molecule has 0 aliphatic carbocycles. The fourth-order valence-electron chi connectivity index (χ4n) is 1.12. The van der Waals surface area contributed by atoms with Crippen LogP contribution in [0.15, 0.2) is 36.5 Å². The minimum absolute atomic E-state index is 0.265.